The van der Waals surface area contributed by atoms with Gasteiger partial charge in [-0.15, -0.1) is 11.3 Å². The SMILES string of the molecule is Cc1csc(Cn2c(=O)oc3ccc(N)cc32)n1. The van der Waals surface area contributed by atoms with E-state index in [9.17, 15) is 4.79 Å². The van der Waals surface area contributed by atoms with E-state index < -0.39 is 0 Å². The molecule has 92 valence electrons. The van der Waals surface area contributed by atoms with Gasteiger partial charge in [-0.25, -0.2) is 9.78 Å². The zero-order valence-electron chi connectivity index (χ0n) is 9.71. The molecule has 5 nitrogen and oxygen atoms in total. The van der Waals surface area contributed by atoms with Gasteiger partial charge in [0.05, 0.1) is 12.1 Å². The summed E-state index contributed by atoms with van der Waals surface area (Å²) < 4.78 is 6.71. The Hall–Kier alpha value is -2.08. The van der Waals surface area contributed by atoms with Crippen molar-refractivity contribution in [1.29, 1.82) is 0 Å². The highest BCUT2D eigenvalue weighted by Crippen LogP contribution is 2.18. The second-order valence-electron chi connectivity index (χ2n) is 4.06. The van der Waals surface area contributed by atoms with E-state index in [0.29, 0.717) is 23.3 Å². The number of thiazole rings is 1. The molecule has 0 saturated heterocycles. The summed E-state index contributed by atoms with van der Waals surface area (Å²) in [5.74, 6) is -0.386. The van der Waals surface area contributed by atoms with Crippen LogP contribution in [-0.2, 0) is 6.54 Å². The molecule has 0 radical (unpaired) electrons. The first-order chi connectivity index (χ1) is 8.63. The molecule has 0 bridgehead atoms. The lowest BCUT2D eigenvalue weighted by atomic mass is 10.3. The molecule has 2 heterocycles. The van der Waals surface area contributed by atoms with Crippen molar-refractivity contribution in [2.75, 3.05) is 5.73 Å². The molecule has 0 spiro atoms. The van der Waals surface area contributed by atoms with Crippen molar-refractivity contribution in [2.24, 2.45) is 0 Å². The molecule has 1 aromatic carbocycles. The van der Waals surface area contributed by atoms with Gasteiger partial charge in [0.2, 0.25) is 0 Å². The van der Waals surface area contributed by atoms with E-state index in [0.717, 1.165) is 10.7 Å². The quantitative estimate of drug-likeness (QED) is 0.716. The first-order valence-electron chi connectivity index (χ1n) is 5.43. The van der Waals surface area contributed by atoms with Crippen LogP contribution in [0.5, 0.6) is 0 Å². The van der Waals surface area contributed by atoms with Crippen LogP contribution in [0, 0.1) is 6.92 Å². The fourth-order valence-electron chi connectivity index (χ4n) is 1.84. The lowest BCUT2D eigenvalue weighted by molar-refractivity contribution is 0.517. The molecule has 0 aliphatic heterocycles. The van der Waals surface area contributed by atoms with Crippen LogP contribution in [-0.4, -0.2) is 9.55 Å². The van der Waals surface area contributed by atoms with Gasteiger partial charge in [0, 0.05) is 16.8 Å². The monoisotopic (exact) mass is 261 g/mol. The summed E-state index contributed by atoms with van der Waals surface area (Å²) in [6, 6.07) is 5.15. The van der Waals surface area contributed by atoms with Gasteiger partial charge >= 0.3 is 5.76 Å². The second-order valence-corrected chi connectivity index (χ2v) is 5.01. The molecule has 0 saturated carbocycles. The molecule has 2 aromatic heterocycles. The molecule has 2 N–H and O–H groups in total. The zero-order chi connectivity index (χ0) is 12.7. The Morgan fingerprint density at radius 3 is 3.06 bits per heavy atom. The molecule has 3 aromatic rings. The van der Waals surface area contributed by atoms with Crippen molar-refractivity contribution in [2.45, 2.75) is 13.5 Å². The van der Waals surface area contributed by atoms with Gasteiger partial charge in [-0.05, 0) is 25.1 Å². The van der Waals surface area contributed by atoms with Gasteiger partial charge in [-0.2, -0.15) is 0 Å². The number of benzene rings is 1. The molecule has 3 rings (SSSR count). The predicted molar refractivity (Wildman–Crippen MR) is 70.8 cm³/mol. The highest BCUT2D eigenvalue weighted by molar-refractivity contribution is 7.09. The van der Waals surface area contributed by atoms with E-state index >= 15 is 0 Å². The van der Waals surface area contributed by atoms with Crippen molar-refractivity contribution in [3.05, 3.63) is 44.8 Å². The van der Waals surface area contributed by atoms with Crippen LogP contribution in [0.4, 0.5) is 5.69 Å². The number of aryl methyl sites for hydroxylation is 1. The number of rotatable bonds is 2. The third-order valence-electron chi connectivity index (χ3n) is 2.65. The van der Waals surface area contributed by atoms with E-state index in [2.05, 4.69) is 4.98 Å². The normalized spacial score (nSPS) is 11.2. The predicted octanol–water partition coefficient (Wildman–Crippen LogP) is 1.99. The number of hydrogen-bond acceptors (Lipinski definition) is 5. The summed E-state index contributed by atoms with van der Waals surface area (Å²) in [5, 5.41) is 2.83. The Morgan fingerprint density at radius 1 is 1.50 bits per heavy atom. The van der Waals surface area contributed by atoms with Crippen LogP contribution in [0.2, 0.25) is 0 Å². The summed E-state index contributed by atoms with van der Waals surface area (Å²) >= 11 is 1.53. The summed E-state index contributed by atoms with van der Waals surface area (Å²) in [7, 11) is 0. The van der Waals surface area contributed by atoms with Gasteiger partial charge in [0.1, 0.15) is 5.01 Å². The highest BCUT2D eigenvalue weighted by Gasteiger charge is 2.11. The number of anilines is 1. The molecule has 0 aliphatic rings. The standard InChI is InChI=1S/C12H11N3O2S/c1-7-6-18-11(14-7)5-15-9-4-8(13)2-3-10(9)17-12(15)16/h2-4,6H,5,13H2,1H3. The van der Waals surface area contributed by atoms with Crippen molar-refractivity contribution >= 4 is 28.1 Å². The largest absolute Gasteiger partial charge is 0.420 e. The molecule has 0 fully saturated rings. The number of nitrogens with zero attached hydrogens (tertiary/aromatic N) is 2. The Balaban J connectivity index is 2.13. The van der Waals surface area contributed by atoms with Gasteiger partial charge in [-0.1, -0.05) is 0 Å². The Morgan fingerprint density at radius 2 is 2.33 bits per heavy atom. The smallest absolute Gasteiger partial charge is 0.408 e. The minimum absolute atomic E-state index is 0.386. The van der Waals surface area contributed by atoms with Crippen LogP contribution in [0.25, 0.3) is 11.1 Å². The van der Waals surface area contributed by atoms with Crippen molar-refractivity contribution in [3.8, 4) is 0 Å². The Labute approximate surface area is 106 Å². The first kappa shape index (κ1) is 11.0. The van der Waals surface area contributed by atoms with Crippen molar-refractivity contribution in [1.82, 2.24) is 9.55 Å². The lowest BCUT2D eigenvalue weighted by Gasteiger charge is -1.99. The molecule has 0 unspecified atom stereocenters. The third kappa shape index (κ3) is 1.80. The number of oxazole rings is 1. The number of fused-ring (bicyclic) bond motifs is 1. The summed E-state index contributed by atoms with van der Waals surface area (Å²) in [6.07, 6.45) is 0. The van der Waals surface area contributed by atoms with E-state index in [1.807, 2.05) is 12.3 Å². The first-order valence-corrected chi connectivity index (χ1v) is 6.31. The lowest BCUT2D eigenvalue weighted by Crippen LogP contribution is -2.14. The Kier molecular flexibility index (Phi) is 2.45. The van der Waals surface area contributed by atoms with Crippen LogP contribution >= 0.6 is 11.3 Å². The second kappa shape index (κ2) is 3.99. The summed E-state index contributed by atoms with van der Waals surface area (Å²) in [4.78, 5) is 16.1. The molecule has 0 amide bonds. The minimum atomic E-state index is -0.386. The molecular weight excluding hydrogens is 250 g/mol. The van der Waals surface area contributed by atoms with Gasteiger partial charge in [0.25, 0.3) is 0 Å². The molecule has 6 heteroatoms. The van der Waals surface area contributed by atoms with E-state index in [4.69, 9.17) is 10.2 Å². The molecule has 0 aliphatic carbocycles. The maximum atomic E-state index is 11.8. The van der Waals surface area contributed by atoms with Gasteiger partial charge < -0.3 is 10.2 Å². The fraction of sp³-hybridized carbons (Fsp3) is 0.167. The Bertz CT molecular complexity index is 769. The molecular formula is C12H11N3O2S. The van der Waals surface area contributed by atoms with Gasteiger partial charge in [-0.3, -0.25) is 4.57 Å². The zero-order valence-corrected chi connectivity index (χ0v) is 10.5. The third-order valence-corrected chi connectivity index (χ3v) is 3.60. The van der Waals surface area contributed by atoms with Crippen molar-refractivity contribution < 1.29 is 4.42 Å². The maximum absolute atomic E-state index is 11.8. The van der Waals surface area contributed by atoms with E-state index in [1.54, 1.807) is 22.8 Å². The highest BCUT2D eigenvalue weighted by atomic mass is 32.1. The number of hydrogen-bond donors (Lipinski definition) is 1. The molecule has 18 heavy (non-hydrogen) atoms. The number of nitrogen functional groups attached to an aromatic ring is 1. The van der Waals surface area contributed by atoms with Crippen LogP contribution < -0.4 is 11.5 Å². The number of nitrogens with two attached hydrogens (primary N) is 1. The minimum Gasteiger partial charge on any atom is -0.408 e. The fourth-order valence-corrected chi connectivity index (χ4v) is 2.60. The summed E-state index contributed by atoms with van der Waals surface area (Å²) in [5.41, 5.74) is 8.53. The maximum Gasteiger partial charge on any atom is 0.420 e. The van der Waals surface area contributed by atoms with E-state index in [1.165, 1.54) is 11.3 Å². The average Bonchev–Trinajstić information content (AvgIpc) is 2.86. The van der Waals surface area contributed by atoms with Gasteiger partial charge in [0.15, 0.2) is 5.58 Å². The average molecular weight is 261 g/mol. The van der Waals surface area contributed by atoms with Crippen LogP contribution in [0.3, 0.4) is 0 Å². The summed E-state index contributed by atoms with van der Waals surface area (Å²) in [6.45, 7) is 2.34. The van der Waals surface area contributed by atoms with Crippen LogP contribution in [0.1, 0.15) is 10.7 Å². The molecule has 0 atom stereocenters. The topological polar surface area (TPSA) is 74.0 Å². The van der Waals surface area contributed by atoms with Crippen molar-refractivity contribution in [3.63, 3.8) is 0 Å². The van der Waals surface area contributed by atoms with E-state index in [-0.39, 0.29) is 5.76 Å². The number of aromatic nitrogens is 2. The van der Waals surface area contributed by atoms with Crippen LogP contribution in [0.15, 0.2) is 32.8 Å².